The van der Waals surface area contributed by atoms with Gasteiger partial charge in [0, 0.05) is 5.38 Å². The lowest BCUT2D eigenvalue weighted by Gasteiger charge is -1.95. The van der Waals surface area contributed by atoms with Crippen molar-refractivity contribution in [2.24, 2.45) is 5.73 Å². The Morgan fingerprint density at radius 1 is 1.58 bits per heavy atom. The van der Waals surface area contributed by atoms with Crippen LogP contribution in [0, 0.1) is 0 Å². The quantitative estimate of drug-likeness (QED) is 0.665. The summed E-state index contributed by atoms with van der Waals surface area (Å²) in [4.78, 5) is 21.0. The summed E-state index contributed by atoms with van der Waals surface area (Å²) in [5.41, 5.74) is 5.19. The van der Waals surface area contributed by atoms with E-state index >= 15 is 0 Å². The summed E-state index contributed by atoms with van der Waals surface area (Å²) in [7, 11) is 0. The number of carbonyl (C=O) groups excluding carboxylic acids is 2. The molecular formula is C6H5ClN2O2S. The molecule has 12 heavy (non-hydrogen) atoms. The zero-order chi connectivity index (χ0) is 9.14. The molecule has 2 amide bonds. The number of hydrogen-bond acceptors (Lipinski definition) is 3. The fraction of sp³-hybridized carbons (Fsp3) is 0. The standard InChI is InChI=1S/C6H5ClN2O2S/c7-4-1-3(2-12-4)9-6(11)5(8)10/h1-2H,(H2,8,10)(H,9,11). The van der Waals surface area contributed by atoms with E-state index in [-0.39, 0.29) is 0 Å². The fourth-order valence-corrected chi connectivity index (χ4v) is 1.38. The van der Waals surface area contributed by atoms with Crippen LogP contribution in [-0.2, 0) is 9.59 Å². The van der Waals surface area contributed by atoms with Crippen LogP contribution in [0.25, 0.3) is 0 Å². The highest BCUT2D eigenvalue weighted by molar-refractivity contribution is 7.14. The van der Waals surface area contributed by atoms with Crippen LogP contribution in [0.4, 0.5) is 5.69 Å². The van der Waals surface area contributed by atoms with Crippen LogP contribution in [0.2, 0.25) is 4.34 Å². The molecule has 6 heteroatoms. The van der Waals surface area contributed by atoms with E-state index in [1.807, 2.05) is 0 Å². The molecule has 0 aromatic carbocycles. The molecule has 0 radical (unpaired) electrons. The van der Waals surface area contributed by atoms with Crippen LogP contribution in [0.15, 0.2) is 11.4 Å². The number of hydrogen-bond donors (Lipinski definition) is 2. The molecule has 64 valence electrons. The molecule has 0 bridgehead atoms. The maximum atomic E-state index is 10.7. The molecular weight excluding hydrogens is 200 g/mol. The van der Waals surface area contributed by atoms with Gasteiger partial charge in [0.15, 0.2) is 0 Å². The van der Waals surface area contributed by atoms with Crippen molar-refractivity contribution in [3.8, 4) is 0 Å². The van der Waals surface area contributed by atoms with Gasteiger partial charge in [0.1, 0.15) is 0 Å². The lowest BCUT2D eigenvalue weighted by atomic mass is 10.5. The molecule has 0 saturated heterocycles. The Bertz CT molecular complexity index is 323. The second-order valence-electron chi connectivity index (χ2n) is 1.96. The third kappa shape index (κ3) is 2.21. The van der Waals surface area contributed by atoms with Gasteiger partial charge in [-0.25, -0.2) is 0 Å². The van der Waals surface area contributed by atoms with Gasteiger partial charge in [-0.2, -0.15) is 0 Å². The van der Waals surface area contributed by atoms with Gasteiger partial charge < -0.3 is 11.1 Å². The highest BCUT2D eigenvalue weighted by atomic mass is 35.5. The van der Waals surface area contributed by atoms with Gasteiger partial charge in [0.05, 0.1) is 10.0 Å². The number of amides is 2. The van der Waals surface area contributed by atoms with Crippen molar-refractivity contribution in [1.29, 1.82) is 0 Å². The molecule has 1 rings (SSSR count). The molecule has 0 aliphatic heterocycles. The average molecular weight is 205 g/mol. The minimum Gasteiger partial charge on any atom is -0.361 e. The number of primary amides is 1. The number of rotatable bonds is 1. The molecule has 0 saturated carbocycles. The first-order chi connectivity index (χ1) is 5.59. The first-order valence-corrected chi connectivity index (χ1v) is 4.20. The zero-order valence-corrected chi connectivity index (χ0v) is 7.41. The van der Waals surface area contributed by atoms with Crippen LogP contribution in [0.3, 0.4) is 0 Å². The van der Waals surface area contributed by atoms with Gasteiger partial charge in [-0.3, -0.25) is 9.59 Å². The summed E-state index contributed by atoms with van der Waals surface area (Å²) in [6.45, 7) is 0. The number of thiophene rings is 1. The topological polar surface area (TPSA) is 72.2 Å². The average Bonchev–Trinajstić information content (AvgIpc) is 2.35. The Kier molecular flexibility index (Phi) is 2.67. The van der Waals surface area contributed by atoms with Crippen molar-refractivity contribution in [3.63, 3.8) is 0 Å². The Balaban J connectivity index is 2.64. The van der Waals surface area contributed by atoms with Crippen molar-refractivity contribution < 1.29 is 9.59 Å². The van der Waals surface area contributed by atoms with Crippen LogP contribution in [0.1, 0.15) is 0 Å². The Labute approximate surface area is 77.3 Å². The van der Waals surface area contributed by atoms with Crippen LogP contribution >= 0.6 is 22.9 Å². The van der Waals surface area contributed by atoms with Gasteiger partial charge in [0.25, 0.3) is 0 Å². The molecule has 1 aromatic rings. The van der Waals surface area contributed by atoms with E-state index in [1.165, 1.54) is 17.4 Å². The zero-order valence-electron chi connectivity index (χ0n) is 5.83. The molecule has 0 aliphatic carbocycles. The van der Waals surface area contributed by atoms with Gasteiger partial charge in [0.2, 0.25) is 0 Å². The number of anilines is 1. The van der Waals surface area contributed by atoms with E-state index in [9.17, 15) is 9.59 Å². The maximum Gasteiger partial charge on any atom is 0.313 e. The number of nitrogens with one attached hydrogen (secondary N) is 1. The Hall–Kier alpha value is -1.07. The molecule has 4 nitrogen and oxygen atoms in total. The lowest BCUT2D eigenvalue weighted by molar-refractivity contribution is -0.134. The summed E-state index contributed by atoms with van der Waals surface area (Å²) in [5, 5.41) is 3.89. The van der Waals surface area contributed by atoms with Crippen molar-refractivity contribution in [2.45, 2.75) is 0 Å². The molecule has 1 aromatic heterocycles. The normalized spacial score (nSPS) is 9.42. The largest absolute Gasteiger partial charge is 0.361 e. The molecule has 1 heterocycles. The highest BCUT2D eigenvalue weighted by Gasteiger charge is 2.08. The molecule has 0 fully saturated rings. The summed E-state index contributed by atoms with van der Waals surface area (Å²) in [6, 6.07) is 1.53. The molecule has 0 atom stereocenters. The third-order valence-corrected chi connectivity index (χ3v) is 2.14. The molecule has 0 aliphatic rings. The van der Waals surface area contributed by atoms with Crippen molar-refractivity contribution >= 4 is 40.4 Å². The van der Waals surface area contributed by atoms with Gasteiger partial charge in [-0.05, 0) is 6.07 Å². The SMILES string of the molecule is NC(=O)C(=O)Nc1csc(Cl)c1. The van der Waals surface area contributed by atoms with Crippen molar-refractivity contribution in [3.05, 3.63) is 15.8 Å². The van der Waals surface area contributed by atoms with E-state index in [4.69, 9.17) is 17.3 Å². The number of nitrogens with two attached hydrogens (primary N) is 1. The van der Waals surface area contributed by atoms with Crippen LogP contribution in [0.5, 0.6) is 0 Å². The predicted octanol–water partition coefficient (Wildman–Crippen LogP) is 0.825. The Morgan fingerprint density at radius 2 is 2.25 bits per heavy atom. The summed E-state index contributed by atoms with van der Waals surface area (Å²) >= 11 is 6.83. The maximum absolute atomic E-state index is 10.7. The van der Waals surface area contributed by atoms with E-state index in [0.717, 1.165) is 0 Å². The number of halogens is 1. The van der Waals surface area contributed by atoms with E-state index in [2.05, 4.69) is 5.32 Å². The van der Waals surface area contributed by atoms with Crippen LogP contribution in [-0.4, -0.2) is 11.8 Å². The third-order valence-electron chi connectivity index (χ3n) is 1.05. The van der Waals surface area contributed by atoms with Gasteiger partial charge in [-0.15, -0.1) is 11.3 Å². The second kappa shape index (κ2) is 3.55. The summed E-state index contributed by atoms with van der Waals surface area (Å²) in [5.74, 6) is -1.86. The van der Waals surface area contributed by atoms with Crippen LogP contribution < -0.4 is 11.1 Å². The summed E-state index contributed by atoms with van der Waals surface area (Å²) < 4.78 is 0.537. The highest BCUT2D eigenvalue weighted by Crippen LogP contribution is 2.23. The van der Waals surface area contributed by atoms with E-state index in [0.29, 0.717) is 10.0 Å². The molecule has 3 N–H and O–H groups in total. The lowest BCUT2D eigenvalue weighted by Crippen LogP contribution is -2.29. The minimum absolute atomic E-state index is 0.480. The minimum atomic E-state index is -1.02. The first-order valence-electron chi connectivity index (χ1n) is 2.94. The number of carbonyl (C=O) groups is 2. The van der Waals surface area contributed by atoms with Gasteiger partial charge in [-0.1, -0.05) is 11.6 Å². The van der Waals surface area contributed by atoms with E-state index in [1.54, 1.807) is 5.38 Å². The fourth-order valence-electron chi connectivity index (χ4n) is 0.568. The van der Waals surface area contributed by atoms with E-state index < -0.39 is 11.8 Å². The predicted molar refractivity (Wildman–Crippen MR) is 47.2 cm³/mol. The second-order valence-corrected chi connectivity index (χ2v) is 3.50. The first kappa shape index (κ1) is 9.02. The summed E-state index contributed by atoms with van der Waals surface area (Å²) in [6.07, 6.45) is 0. The molecule has 0 spiro atoms. The Morgan fingerprint density at radius 3 is 2.67 bits per heavy atom. The molecule has 0 unspecified atom stereocenters. The van der Waals surface area contributed by atoms with Gasteiger partial charge >= 0.3 is 11.8 Å². The van der Waals surface area contributed by atoms with Crippen molar-refractivity contribution in [2.75, 3.05) is 5.32 Å². The van der Waals surface area contributed by atoms with Crippen molar-refractivity contribution in [1.82, 2.24) is 0 Å². The smallest absolute Gasteiger partial charge is 0.313 e. The monoisotopic (exact) mass is 204 g/mol.